The van der Waals surface area contributed by atoms with E-state index in [1.54, 1.807) is 0 Å². The van der Waals surface area contributed by atoms with Gasteiger partial charge < -0.3 is 14.6 Å². The van der Waals surface area contributed by atoms with Crippen molar-refractivity contribution in [3.63, 3.8) is 0 Å². The third-order valence-corrected chi connectivity index (χ3v) is 2.42. The lowest BCUT2D eigenvalue weighted by molar-refractivity contribution is -0.193. The minimum atomic E-state index is -4.44. The van der Waals surface area contributed by atoms with Crippen molar-refractivity contribution in [2.45, 2.75) is 19.0 Å². The Morgan fingerprint density at radius 2 is 2.19 bits per heavy atom. The maximum atomic E-state index is 11.8. The Morgan fingerprint density at radius 3 is 2.62 bits per heavy atom. The van der Waals surface area contributed by atoms with Crippen LogP contribution in [0.4, 0.5) is 13.2 Å². The second-order valence-electron chi connectivity index (χ2n) is 3.85. The summed E-state index contributed by atoms with van der Waals surface area (Å²) in [5, 5.41) is 8.98. The Kier molecular flexibility index (Phi) is 4.15. The van der Waals surface area contributed by atoms with Crippen LogP contribution in [0.1, 0.15) is 12.8 Å². The Balaban J connectivity index is 2.48. The molecule has 7 heteroatoms. The lowest BCUT2D eigenvalue weighted by atomic mass is 9.83. The van der Waals surface area contributed by atoms with Crippen molar-refractivity contribution in [2.24, 2.45) is 5.41 Å². The highest BCUT2D eigenvalue weighted by molar-refractivity contribution is 5.75. The summed E-state index contributed by atoms with van der Waals surface area (Å²) in [5.41, 5.74) is -1.33. The number of carboxylic acid groups (broad SMARTS) is 1. The summed E-state index contributed by atoms with van der Waals surface area (Å²) in [6.45, 7) is -1.56. The lowest BCUT2D eigenvalue weighted by Crippen LogP contribution is -2.43. The molecule has 1 aliphatic heterocycles. The van der Waals surface area contributed by atoms with Gasteiger partial charge in [0, 0.05) is 6.61 Å². The van der Waals surface area contributed by atoms with Gasteiger partial charge in [-0.25, -0.2) is 0 Å². The first-order valence-corrected chi connectivity index (χ1v) is 4.81. The molecule has 1 unspecified atom stereocenters. The molecule has 1 saturated heterocycles. The van der Waals surface area contributed by atoms with Gasteiger partial charge in [-0.15, -0.1) is 0 Å². The average Bonchev–Trinajstić information content (AvgIpc) is 2.17. The van der Waals surface area contributed by atoms with E-state index in [9.17, 15) is 18.0 Å². The molecule has 0 aliphatic carbocycles. The predicted octanol–water partition coefficient (Wildman–Crippen LogP) is 1.45. The Hall–Kier alpha value is -0.820. The molecule has 0 spiro atoms. The number of alkyl halides is 3. The van der Waals surface area contributed by atoms with E-state index in [4.69, 9.17) is 9.84 Å². The summed E-state index contributed by atoms with van der Waals surface area (Å²) in [5.74, 6) is -1.17. The summed E-state index contributed by atoms with van der Waals surface area (Å²) in [6.07, 6.45) is -3.64. The number of rotatable bonds is 4. The zero-order valence-electron chi connectivity index (χ0n) is 8.55. The van der Waals surface area contributed by atoms with Gasteiger partial charge in [-0.05, 0) is 12.8 Å². The normalized spacial score (nSPS) is 26.7. The van der Waals surface area contributed by atoms with Crippen molar-refractivity contribution in [1.29, 1.82) is 0 Å². The molecule has 1 rings (SSSR count). The molecule has 1 atom stereocenters. The molecule has 0 amide bonds. The van der Waals surface area contributed by atoms with Gasteiger partial charge in [0.1, 0.15) is 12.0 Å². The monoisotopic (exact) mass is 242 g/mol. The Bertz CT molecular complexity index is 246. The van der Waals surface area contributed by atoms with Crippen molar-refractivity contribution in [2.75, 3.05) is 26.4 Å². The minimum absolute atomic E-state index is 0.0970. The van der Waals surface area contributed by atoms with Crippen molar-refractivity contribution in [1.82, 2.24) is 0 Å². The minimum Gasteiger partial charge on any atom is -0.481 e. The zero-order chi connectivity index (χ0) is 12.2. The van der Waals surface area contributed by atoms with Gasteiger partial charge in [0.15, 0.2) is 0 Å². The van der Waals surface area contributed by atoms with Gasteiger partial charge in [0.05, 0.1) is 13.2 Å². The first kappa shape index (κ1) is 13.2. The van der Waals surface area contributed by atoms with Crippen molar-refractivity contribution < 1.29 is 32.5 Å². The molecular formula is C9H13F3O4. The van der Waals surface area contributed by atoms with Gasteiger partial charge >= 0.3 is 12.1 Å². The molecule has 1 fully saturated rings. The standard InChI is InChI=1S/C9H13F3O4/c10-9(11,12)6-16-5-8(7(13)14)2-1-3-15-4-8/h1-6H2,(H,13,14). The van der Waals surface area contributed by atoms with E-state index in [2.05, 4.69) is 4.74 Å². The highest BCUT2D eigenvalue weighted by Gasteiger charge is 2.42. The molecule has 0 bridgehead atoms. The molecule has 1 heterocycles. The zero-order valence-corrected chi connectivity index (χ0v) is 8.55. The highest BCUT2D eigenvalue weighted by atomic mass is 19.4. The number of hydrogen-bond acceptors (Lipinski definition) is 3. The highest BCUT2D eigenvalue weighted by Crippen LogP contribution is 2.30. The third-order valence-electron chi connectivity index (χ3n) is 2.42. The van der Waals surface area contributed by atoms with E-state index < -0.39 is 30.8 Å². The molecule has 0 saturated carbocycles. The van der Waals surface area contributed by atoms with Crippen LogP contribution in [0.5, 0.6) is 0 Å². The Morgan fingerprint density at radius 1 is 1.50 bits per heavy atom. The molecule has 16 heavy (non-hydrogen) atoms. The molecule has 1 N–H and O–H groups in total. The number of ether oxygens (including phenoxy) is 2. The fourth-order valence-electron chi connectivity index (χ4n) is 1.56. The van der Waals surface area contributed by atoms with E-state index in [-0.39, 0.29) is 13.0 Å². The number of hydrogen-bond donors (Lipinski definition) is 1. The summed E-state index contributed by atoms with van der Waals surface area (Å²) in [6, 6.07) is 0. The van der Waals surface area contributed by atoms with Gasteiger partial charge in [-0.3, -0.25) is 4.79 Å². The van der Waals surface area contributed by atoms with Crippen LogP contribution >= 0.6 is 0 Å². The van der Waals surface area contributed by atoms with E-state index >= 15 is 0 Å². The van der Waals surface area contributed by atoms with Crippen molar-refractivity contribution in [3.05, 3.63) is 0 Å². The second kappa shape index (κ2) is 5.01. The lowest BCUT2D eigenvalue weighted by Gasteiger charge is -2.32. The van der Waals surface area contributed by atoms with Crippen LogP contribution < -0.4 is 0 Å². The van der Waals surface area contributed by atoms with Gasteiger partial charge in [-0.1, -0.05) is 0 Å². The van der Waals surface area contributed by atoms with Crippen LogP contribution in [0.25, 0.3) is 0 Å². The molecule has 0 aromatic carbocycles. The number of carbonyl (C=O) groups is 1. The van der Waals surface area contributed by atoms with Crippen LogP contribution in [0.15, 0.2) is 0 Å². The average molecular weight is 242 g/mol. The van der Waals surface area contributed by atoms with Gasteiger partial charge in [0.2, 0.25) is 0 Å². The predicted molar refractivity (Wildman–Crippen MR) is 47.0 cm³/mol. The maximum absolute atomic E-state index is 11.8. The van der Waals surface area contributed by atoms with Gasteiger partial charge in [-0.2, -0.15) is 13.2 Å². The quantitative estimate of drug-likeness (QED) is 0.810. The van der Waals surface area contributed by atoms with Crippen LogP contribution in [-0.2, 0) is 14.3 Å². The maximum Gasteiger partial charge on any atom is 0.411 e. The van der Waals surface area contributed by atoms with Crippen molar-refractivity contribution >= 4 is 5.97 Å². The fraction of sp³-hybridized carbons (Fsp3) is 0.889. The molecule has 0 aromatic rings. The van der Waals surface area contributed by atoms with E-state index in [0.29, 0.717) is 13.0 Å². The van der Waals surface area contributed by atoms with Gasteiger partial charge in [0.25, 0.3) is 0 Å². The Labute approximate surface area is 90.3 Å². The van der Waals surface area contributed by atoms with Crippen LogP contribution in [0.3, 0.4) is 0 Å². The van der Waals surface area contributed by atoms with E-state index in [1.807, 2.05) is 0 Å². The molecule has 94 valence electrons. The summed E-state index contributed by atoms with van der Waals surface area (Å²) in [7, 11) is 0. The van der Waals surface area contributed by atoms with Crippen LogP contribution in [0.2, 0.25) is 0 Å². The van der Waals surface area contributed by atoms with Crippen LogP contribution in [-0.4, -0.2) is 43.7 Å². The van der Waals surface area contributed by atoms with E-state index in [1.165, 1.54) is 0 Å². The largest absolute Gasteiger partial charge is 0.481 e. The van der Waals surface area contributed by atoms with E-state index in [0.717, 1.165) is 0 Å². The third kappa shape index (κ3) is 3.64. The summed E-state index contributed by atoms with van der Waals surface area (Å²) in [4.78, 5) is 11.0. The molecule has 0 radical (unpaired) electrons. The fourth-order valence-corrected chi connectivity index (χ4v) is 1.56. The van der Waals surface area contributed by atoms with Crippen LogP contribution in [0, 0.1) is 5.41 Å². The first-order chi connectivity index (χ1) is 7.36. The number of carboxylic acids is 1. The number of aliphatic carboxylic acids is 1. The SMILES string of the molecule is O=C(O)C1(COCC(F)(F)F)CCCOC1. The summed E-state index contributed by atoms with van der Waals surface area (Å²) < 4.78 is 44.9. The molecular weight excluding hydrogens is 229 g/mol. The first-order valence-electron chi connectivity index (χ1n) is 4.81. The second-order valence-corrected chi connectivity index (χ2v) is 3.85. The van der Waals surface area contributed by atoms with Crippen molar-refractivity contribution in [3.8, 4) is 0 Å². The molecule has 1 aliphatic rings. The molecule has 0 aromatic heterocycles. The molecule has 4 nitrogen and oxygen atoms in total. The number of halogens is 3. The smallest absolute Gasteiger partial charge is 0.411 e. The summed E-state index contributed by atoms with van der Waals surface area (Å²) >= 11 is 0. The topological polar surface area (TPSA) is 55.8 Å².